The van der Waals surface area contributed by atoms with Crippen LogP contribution in [0.2, 0.25) is 0 Å². The summed E-state index contributed by atoms with van der Waals surface area (Å²) in [6, 6.07) is 0. The highest BCUT2D eigenvalue weighted by molar-refractivity contribution is 5.89. The van der Waals surface area contributed by atoms with Crippen LogP contribution in [-0.2, 0) is 19.1 Å². The predicted molar refractivity (Wildman–Crippen MR) is 87.3 cm³/mol. The fraction of sp³-hybridized carbons (Fsp3) is 0.824. The van der Waals surface area contributed by atoms with Gasteiger partial charge in [-0.3, -0.25) is 4.79 Å². The van der Waals surface area contributed by atoms with Crippen molar-refractivity contribution in [2.24, 2.45) is 5.92 Å². The number of esters is 1. The molecule has 1 N–H and O–H groups in total. The second-order valence-corrected chi connectivity index (χ2v) is 6.58. The summed E-state index contributed by atoms with van der Waals surface area (Å²) in [5.41, 5.74) is -0.873. The van der Waals surface area contributed by atoms with Crippen molar-refractivity contribution in [3.63, 3.8) is 0 Å². The molecule has 0 unspecified atom stereocenters. The van der Waals surface area contributed by atoms with Crippen LogP contribution >= 0.6 is 0 Å². The molecule has 0 aromatic heterocycles. The second kappa shape index (κ2) is 8.35. The van der Waals surface area contributed by atoms with E-state index in [1.54, 1.807) is 11.8 Å². The van der Waals surface area contributed by atoms with Gasteiger partial charge in [-0.15, -0.1) is 0 Å². The van der Waals surface area contributed by atoms with Gasteiger partial charge >= 0.3 is 12.1 Å². The summed E-state index contributed by atoms with van der Waals surface area (Å²) in [6.45, 7) is 3.12. The largest absolute Gasteiger partial charge is 0.467 e. The Morgan fingerprint density at radius 1 is 1.12 bits per heavy atom. The van der Waals surface area contributed by atoms with Crippen LogP contribution in [0.15, 0.2) is 0 Å². The van der Waals surface area contributed by atoms with Gasteiger partial charge in [0.25, 0.3) is 0 Å². The Bertz CT molecular complexity index is 466. The molecule has 1 saturated heterocycles. The van der Waals surface area contributed by atoms with Gasteiger partial charge in [-0.1, -0.05) is 19.3 Å². The van der Waals surface area contributed by atoms with E-state index in [1.165, 1.54) is 7.11 Å². The van der Waals surface area contributed by atoms with Crippen LogP contribution in [-0.4, -0.2) is 55.2 Å². The van der Waals surface area contributed by atoms with Crippen LogP contribution in [0, 0.1) is 5.92 Å². The average molecular weight is 340 g/mol. The minimum absolute atomic E-state index is 0.106. The minimum Gasteiger partial charge on any atom is -0.467 e. The van der Waals surface area contributed by atoms with Crippen molar-refractivity contribution in [2.45, 2.75) is 57.4 Å². The second-order valence-electron chi connectivity index (χ2n) is 6.58. The van der Waals surface area contributed by atoms with E-state index < -0.39 is 5.54 Å². The summed E-state index contributed by atoms with van der Waals surface area (Å²) in [5.74, 6) is -0.635. The Morgan fingerprint density at radius 2 is 1.75 bits per heavy atom. The zero-order chi connectivity index (χ0) is 17.6. The maximum Gasteiger partial charge on any atom is 0.409 e. The van der Waals surface area contributed by atoms with Crippen LogP contribution in [0.5, 0.6) is 0 Å². The number of likely N-dealkylation sites (tertiary alicyclic amines) is 1. The number of nitrogens with zero attached hydrogens (tertiary/aromatic N) is 1. The Hall–Kier alpha value is -1.79. The molecule has 1 heterocycles. The molecule has 24 heavy (non-hydrogen) atoms. The molecule has 2 fully saturated rings. The number of nitrogens with one attached hydrogen (secondary N) is 1. The Balaban J connectivity index is 1.92. The number of amides is 2. The van der Waals surface area contributed by atoms with E-state index >= 15 is 0 Å². The molecule has 7 nitrogen and oxygen atoms in total. The number of piperidine rings is 1. The van der Waals surface area contributed by atoms with Gasteiger partial charge in [0.1, 0.15) is 5.54 Å². The molecule has 0 bridgehead atoms. The number of carbonyl (C=O) groups excluding carboxylic acids is 3. The van der Waals surface area contributed by atoms with Crippen molar-refractivity contribution in [3.8, 4) is 0 Å². The predicted octanol–water partition coefficient (Wildman–Crippen LogP) is 1.85. The van der Waals surface area contributed by atoms with Gasteiger partial charge in [0.15, 0.2) is 0 Å². The highest BCUT2D eigenvalue weighted by Gasteiger charge is 2.43. The monoisotopic (exact) mass is 340 g/mol. The summed E-state index contributed by atoms with van der Waals surface area (Å²) in [4.78, 5) is 38.2. The molecule has 1 aliphatic heterocycles. The molecule has 1 aliphatic carbocycles. The first-order chi connectivity index (χ1) is 11.5. The van der Waals surface area contributed by atoms with E-state index in [0.717, 1.165) is 19.3 Å². The van der Waals surface area contributed by atoms with Crippen LogP contribution < -0.4 is 5.32 Å². The lowest BCUT2D eigenvalue weighted by Gasteiger charge is -2.37. The fourth-order valence-electron chi connectivity index (χ4n) is 3.61. The van der Waals surface area contributed by atoms with Gasteiger partial charge in [-0.2, -0.15) is 0 Å². The maximum atomic E-state index is 12.6. The van der Waals surface area contributed by atoms with E-state index in [-0.39, 0.29) is 23.9 Å². The third-order valence-electron chi connectivity index (χ3n) is 5.04. The molecular formula is C17H28N2O5. The van der Waals surface area contributed by atoms with Gasteiger partial charge in [0.2, 0.25) is 5.91 Å². The molecule has 0 aromatic carbocycles. The number of carbonyl (C=O) groups is 3. The highest BCUT2D eigenvalue weighted by atomic mass is 16.6. The van der Waals surface area contributed by atoms with Crippen molar-refractivity contribution in [1.82, 2.24) is 10.2 Å². The van der Waals surface area contributed by atoms with Gasteiger partial charge in [-0.25, -0.2) is 9.59 Å². The Kier molecular flexibility index (Phi) is 6.45. The topological polar surface area (TPSA) is 84.9 Å². The third-order valence-corrected chi connectivity index (χ3v) is 5.04. The first-order valence-corrected chi connectivity index (χ1v) is 8.84. The van der Waals surface area contributed by atoms with E-state index in [2.05, 4.69) is 5.32 Å². The summed E-state index contributed by atoms with van der Waals surface area (Å²) >= 11 is 0. The van der Waals surface area contributed by atoms with Crippen molar-refractivity contribution < 1.29 is 23.9 Å². The quantitative estimate of drug-likeness (QED) is 0.790. The fourth-order valence-corrected chi connectivity index (χ4v) is 3.61. The Labute approximate surface area is 143 Å². The van der Waals surface area contributed by atoms with Crippen molar-refractivity contribution in [1.29, 1.82) is 0 Å². The molecule has 1 saturated carbocycles. The van der Waals surface area contributed by atoms with E-state index in [1.807, 2.05) is 0 Å². The third kappa shape index (κ3) is 4.19. The van der Waals surface area contributed by atoms with Crippen molar-refractivity contribution >= 4 is 18.0 Å². The van der Waals surface area contributed by atoms with E-state index in [4.69, 9.17) is 9.47 Å². The van der Waals surface area contributed by atoms with E-state index in [9.17, 15) is 14.4 Å². The number of hydrogen-bond acceptors (Lipinski definition) is 5. The standard InChI is InChI=1S/C17H28N2O5/c1-3-24-16(22)19-11-7-13(8-12-19)14(20)18-17(15(21)23-2)9-5-4-6-10-17/h13H,3-12H2,1-2H3,(H,18,20). The van der Waals surface area contributed by atoms with Crippen LogP contribution in [0.4, 0.5) is 4.79 Å². The van der Waals surface area contributed by atoms with Crippen LogP contribution in [0.1, 0.15) is 51.9 Å². The number of hydrogen-bond donors (Lipinski definition) is 1. The van der Waals surface area contributed by atoms with Crippen LogP contribution in [0.25, 0.3) is 0 Å². The zero-order valence-corrected chi connectivity index (χ0v) is 14.6. The van der Waals surface area contributed by atoms with Crippen molar-refractivity contribution in [3.05, 3.63) is 0 Å². The lowest BCUT2D eigenvalue weighted by atomic mass is 9.81. The summed E-state index contributed by atoms with van der Waals surface area (Å²) in [5, 5.41) is 2.97. The molecule has 0 spiro atoms. The molecule has 0 radical (unpaired) electrons. The van der Waals surface area contributed by atoms with Gasteiger partial charge in [0.05, 0.1) is 13.7 Å². The van der Waals surface area contributed by atoms with Gasteiger partial charge in [-0.05, 0) is 32.6 Å². The molecule has 136 valence electrons. The highest BCUT2D eigenvalue weighted by Crippen LogP contribution is 2.30. The minimum atomic E-state index is -0.873. The van der Waals surface area contributed by atoms with Crippen LogP contribution in [0.3, 0.4) is 0 Å². The zero-order valence-electron chi connectivity index (χ0n) is 14.6. The summed E-state index contributed by atoms with van der Waals surface area (Å²) in [7, 11) is 1.36. The Morgan fingerprint density at radius 3 is 2.29 bits per heavy atom. The smallest absolute Gasteiger partial charge is 0.409 e. The SMILES string of the molecule is CCOC(=O)N1CCC(C(=O)NC2(C(=O)OC)CCCCC2)CC1. The molecule has 2 amide bonds. The maximum absolute atomic E-state index is 12.6. The first kappa shape index (κ1) is 18.5. The van der Waals surface area contributed by atoms with E-state index in [0.29, 0.717) is 45.4 Å². The molecule has 0 atom stereocenters. The number of methoxy groups -OCH3 is 1. The number of ether oxygens (including phenoxy) is 2. The average Bonchev–Trinajstić information content (AvgIpc) is 2.62. The normalized spacial score (nSPS) is 21.0. The molecule has 2 rings (SSSR count). The van der Waals surface area contributed by atoms with Crippen molar-refractivity contribution in [2.75, 3.05) is 26.8 Å². The molecule has 2 aliphatic rings. The lowest BCUT2D eigenvalue weighted by molar-refractivity contribution is -0.153. The molecule has 0 aromatic rings. The number of rotatable bonds is 4. The summed E-state index contributed by atoms with van der Waals surface area (Å²) in [6.07, 6.45) is 5.01. The van der Waals surface area contributed by atoms with Gasteiger partial charge < -0.3 is 19.7 Å². The molecule has 7 heteroatoms. The molecular weight excluding hydrogens is 312 g/mol. The summed E-state index contributed by atoms with van der Waals surface area (Å²) < 4.78 is 9.92. The first-order valence-electron chi connectivity index (χ1n) is 8.84. The lowest BCUT2D eigenvalue weighted by Crippen LogP contribution is -2.58. The van der Waals surface area contributed by atoms with Gasteiger partial charge in [0, 0.05) is 19.0 Å².